The van der Waals surface area contributed by atoms with Gasteiger partial charge in [-0.2, -0.15) is 0 Å². The maximum atomic E-state index is 6.91. The Labute approximate surface area is 196 Å². The van der Waals surface area contributed by atoms with E-state index < -0.39 is 8.32 Å². The number of fused-ring (bicyclic) bond motifs is 5. The average Bonchev–Trinajstić information content (AvgIpc) is 3.06. The highest BCUT2D eigenvalue weighted by atomic mass is 28.4. The summed E-state index contributed by atoms with van der Waals surface area (Å²) in [5, 5.41) is 8.70. The molecule has 0 spiro atoms. The molecular formula is C26H44N2O3Si. The predicted octanol–water partition coefficient (Wildman–Crippen LogP) is 6.42. The molecule has 0 unspecified atom stereocenters. The molecule has 4 aliphatic carbocycles. The summed E-state index contributed by atoms with van der Waals surface area (Å²) in [5.74, 6) is 2.74. The summed E-state index contributed by atoms with van der Waals surface area (Å²) in [6.07, 6.45) is 11.0. The van der Waals surface area contributed by atoms with Gasteiger partial charge in [0.05, 0.1) is 17.5 Å². The molecule has 5 nitrogen and oxygen atoms in total. The smallest absolute Gasteiger partial charge is 0.184 e. The first-order valence-corrected chi connectivity index (χ1v) is 16.0. The Balaban J connectivity index is 1.71. The lowest BCUT2D eigenvalue weighted by Crippen LogP contribution is -2.55. The summed E-state index contributed by atoms with van der Waals surface area (Å²) in [7, 11) is 1.63. The molecule has 3 saturated carbocycles. The maximum absolute atomic E-state index is 6.91. The summed E-state index contributed by atoms with van der Waals surface area (Å²) in [6.45, 7) is 14.2. The molecule has 180 valence electrons. The molecule has 4 aliphatic rings. The molecule has 0 amide bonds. The van der Waals surface area contributed by atoms with Crippen LogP contribution in [-0.4, -0.2) is 40.1 Å². The summed E-state index contributed by atoms with van der Waals surface area (Å²) in [4.78, 5) is 10.3. The van der Waals surface area contributed by atoms with Gasteiger partial charge in [-0.3, -0.25) is 0 Å². The first-order chi connectivity index (χ1) is 15.0. The second-order valence-electron chi connectivity index (χ2n) is 12.2. The van der Waals surface area contributed by atoms with Gasteiger partial charge in [-0.1, -0.05) is 24.2 Å². The Bertz CT molecular complexity index is 816. The minimum absolute atomic E-state index is 0.203. The van der Waals surface area contributed by atoms with E-state index in [0.29, 0.717) is 11.3 Å². The molecule has 0 aromatic carbocycles. The van der Waals surface area contributed by atoms with Gasteiger partial charge >= 0.3 is 0 Å². The van der Waals surface area contributed by atoms with Crippen LogP contribution in [-0.2, 0) is 14.1 Å². The number of hydrogen-bond acceptors (Lipinski definition) is 5. The molecule has 6 heteroatoms. The number of hydrogen-bond donors (Lipinski definition) is 0. The van der Waals surface area contributed by atoms with E-state index in [1.54, 1.807) is 14.2 Å². The van der Waals surface area contributed by atoms with Gasteiger partial charge in [-0.15, -0.1) is 0 Å². The van der Waals surface area contributed by atoms with Crippen LogP contribution < -0.4 is 0 Å². The highest BCUT2D eigenvalue weighted by Gasteiger charge is 2.61. The molecule has 0 aromatic rings. The van der Waals surface area contributed by atoms with Crippen LogP contribution in [0.2, 0.25) is 19.6 Å². The quantitative estimate of drug-likeness (QED) is 0.270. The normalized spacial score (nSPS) is 43.2. The zero-order valence-electron chi connectivity index (χ0n) is 21.5. The van der Waals surface area contributed by atoms with Crippen molar-refractivity contribution in [1.82, 2.24) is 0 Å². The van der Waals surface area contributed by atoms with E-state index in [2.05, 4.69) is 56.8 Å². The van der Waals surface area contributed by atoms with E-state index in [4.69, 9.17) is 14.1 Å². The van der Waals surface area contributed by atoms with E-state index in [1.807, 2.05) is 0 Å². The van der Waals surface area contributed by atoms with Crippen LogP contribution in [0.4, 0.5) is 0 Å². The van der Waals surface area contributed by atoms with E-state index >= 15 is 0 Å². The monoisotopic (exact) mass is 460 g/mol. The fourth-order valence-electron chi connectivity index (χ4n) is 8.21. The molecule has 0 N–H and O–H groups in total. The van der Waals surface area contributed by atoms with E-state index in [9.17, 15) is 0 Å². The van der Waals surface area contributed by atoms with Gasteiger partial charge in [-0.25, -0.2) is 0 Å². The molecule has 0 radical (unpaired) electrons. The van der Waals surface area contributed by atoms with Crippen LogP contribution in [0.3, 0.4) is 0 Å². The average molecular weight is 461 g/mol. The minimum Gasteiger partial charge on any atom is -0.411 e. The molecule has 0 bridgehead atoms. The van der Waals surface area contributed by atoms with Gasteiger partial charge in [0.1, 0.15) is 14.2 Å². The van der Waals surface area contributed by atoms with Crippen molar-refractivity contribution >= 4 is 19.7 Å². The van der Waals surface area contributed by atoms with Crippen molar-refractivity contribution in [2.45, 2.75) is 91.5 Å². The lowest BCUT2D eigenvalue weighted by Gasteiger charge is -2.60. The van der Waals surface area contributed by atoms with Crippen molar-refractivity contribution in [2.75, 3.05) is 14.2 Å². The van der Waals surface area contributed by atoms with E-state index in [1.165, 1.54) is 37.0 Å². The Kier molecular flexibility index (Phi) is 6.43. The third kappa shape index (κ3) is 4.00. The van der Waals surface area contributed by atoms with Gasteiger partial charge in [0.2, 0.25) is 0 Å². The first kappa shape index (κ1) is 24.0. The molecule has 0 saturated heterocycles. The van der Waals surface area contributed by atoms with Crippen LogP contribution in [0.15, 0.2) is 22.0 Å². The summed E-state index contributed by atoms with van der Waals surface area (Å²) >= 11 is 0. The molecule has 0 aromatic heterocycles. The zero-order valence-corrected chi connectivity index (χ0v) is 22.5. The van der Waals surface area contributed by atoms with Crippen molar-refractivity contribution in [2.24, 2.45) is 44.8 Å². The number of oxime groups is 2. The molecule has 32 heavy (non-hydrogen) atoms. The second kappa shape index (κ2) is 8.57. The number of rotatable bonds is 5. The largest absolute Gasteiger partial charge is 0.411 e. The second-order valence-corrected chi connectivity index (χ2v) is 16.7. The van der Waals surface area contributed by atoms with Crippen LogP contribution in [0.1, 0.15) is 65.7 Å². The van der Waals surface area contributed by atoms with Gasteiger partial charge in [0.25, 0.3) is 0 Å². The Hall–Kier alpha value is -1.14. The Morgan fingerprint density at radius 2 is 1.78 bits per heavy atom. The van der Waals surface area contributed by atoms with Crippen LogP contribution in [0, 0.1) is 34.5 Å². The van der Waals surface area contributed by atoms with Gasteiger partial charge in [-0.05, 0) is 112 Å². The van der Waals surface area contributed by atoms with Crippen molar-refractivity contribution in [3.8, 4) is 0 Å². The summed E-state index contributed by atoms with van der Waals surface area (Å²) < 4.78 is 6.91. The molecule has 0 aliphatic heterocycles. The lowest BCUT2D eigenvalue weighted by molar-refractivity contribution is -0.0673. The minimum atomic E-state index is -1.69. The van der Waals surface area contributed by atoms with Crippen molar-refractivity contribution in [1.29, 1.82) is 0 Å². The first-order valence-electron chi connectivity index (χ1n) is 12.6. The SMILES string of the molecule is CO/N=C1\C=C2[C@@H](O[Si](C)(C)C)C[C@H]3[C@@H]4CC[C@H](/C(C)=N/OC)[C@@]4(C)CC[C@@H]3[C@@]2(C)CC1. The highest BCUT2D eigenvalue weighted by molar-refractivity contribution is 6.69. The van der Waals surface area contributed by atoms with E-state index in [0.717, 1.165) is 42.7 Å². The van der Waals surface area contributed by atoms with Crippen LogP contribution in [0.25, 0.3) is 0 Å². The molecule has 4 rings (SSSR count). The molecule has 7 atom stereocenters. The summed E-state index contributed by atoms with van der Waals surface area (Å²) in [5.41, 5.74) is 4.29. The van der Waals surface area contributed by atoms with Gasteiger partial charge in [0, 0.05) is 5.92 Å². The number of allylic oxidation sites excluding steroid dienone is 1. The lowest BCUT2D eigenvalue weighted by atomic mass is 9.46. The maximum Gasteiger partial charge on any atom is 0.184 e. The highest BCUT2D eigenvalue weighted by Crippen LogP contribution is 2.67. The fourth-order valence-corrected chi connectivity index (χ4v) is 9.29. The summed E-state index contributed by atoms with van der Waals surface area (Å²) in [6, 6.07) is 0. The fraction of sp³-hybridized carbons (Fsp3) is 0.846. The number of nitrogens with zero attached hydrogens (tertiary/aromatic N) is 2. The van der Waals surface area contributed by atoms with Gasteiger partial charge < -0.3 is 14.1 Å². The third-order valence-electron chi connectivity index (χ3n) is 9.41. The molecule has 3 fully saturated rings. The topological polar surface area (TPSA) is 52.4 Å². The van der Waals surface area contributed by atoms with E-state index in [-0.39, 0.29) is 11.5 Å². The standard InChI is InChI=1S/C26H44N2O3Si/c1-17(27-29-4)20-9-10-21-19-16-24(31-32(6,7)8)23-15-18(28-30-5)11-13-26(23,3)22(19)12-14-25(20,21)2/h15,19-22,24H,9-14,16H2,1-8H3/b27-17+,28-18-/t19-,20+,21-,22-,24-,25+,26+/m0/s1. The van der Waals surface area contributed by atoms with Crippen molar-refractivity contribution in [3.63, 3.8) is 0 Å². The Morgan fingerprint density at radius 1 is 1.03 bits per heavy atom. The predicted molar refractivity (Wildman–Crippen MR) is 133 cm³/mol. The molecular weight excluding hydrogens is 416 g/mol. The van der Waals surface area contributed by atoms with Crippen molar-refractivity contribution < 1.29 is 14.1 Å². The van der Waals surface area contributed by atoms with Gasteiger partial charge in [0.15, 0.2) is 8.32 Å². The van der Waals surface area contributed by atoms with Crippen molar-refractivity contribution in [3.05, 3.63) is 11.6 Å². The van der Waals surface area contributed by atoms with Crippen LogP contribution >= 0.6 is 0 Å². The zero-order chi connectivity index (χ0) is 23.3. The third-order valence-corrected chi connectivity index (χ3v) is 10.4. The molecule has 0 heterocycles. The van der Waals surface area contributed by atoms with Crippen LogP contribution in [0.5, 0.6) is 0 Å². The Morgan fingerprint density at radius 3 is 2.44 bits per heavy atom.